The fourth-order valence-electron chi connectivity index (χ4n) is 3.29. The van der Waals surface area contributed by atoms with Gasteiger partial charge in [0.1, 0.15) is 46.6 Å². The van der Waals surface area contributed by atoms with Crippen LogP contribution in [-0.4, -0.2) is 37.7 Å². The van der Waals surface area contributed by atoms with Crippen molar-refractivity contribution in [3.05, 3.63) is 46.3 Å². The first kappa shape index (κ1) is 20.0. The van der Waals surface area contributed by atoms with Crippen molar-refractivity contribution in [2.45, 2.75) is 25.8 Å². The van der Waals surface area contributed by atoms with Gasteiger partial charge in [-0.15, -0.1) is 0 Å². The number of aromatic hydroxyl groups is 1. The van der Waals surface area contributed by atoms with Crippen LogP contribution in [-0.2, 0) is 6.42 Å². The number of benzene rings is 1. The van der Waals surface area contributed by atoms with Gasteiger partial charge in [0.05, 0.1) is 11.6 Å². The lowest BCUT2D eigenvalue weighted by Crippen LogP contribution is -2.30. The number of anilines is 2. The van der Waals surface area contributed by atoms with E-state index in [1.54, 1.807) is 22.8 Å². The Hall–Kier alpha value is -3.71. The highest BCUT2D eigenvalue weighted by Gasteiger charge is 2.22. The molecule has 3 heterocycles. The number of nitrogens with one attached hydrogen (secondary N) is 1. The molecule has 2 aromatic heterocycles. The van der Waals surface area contributed by atoms with E-state index in [-0.39, 0.29) is 34.5 Å². The average Bonchev–Trinajstić information content (AvgIpc) is 3.22. The van der Waals surface area contributed by atoms with E-state index >= 15 is 0 Å². The molecule has 3 aromatic rings. The summed E-state index contributed by atoms with van der Waals surface area (Å²) in [5.74, 6) is 1.04. The summed E-state index contributed by atoms with van der Waals surface area (Å²) in [5.41, 5.74) is 11.1. The Morgan fingerprint density at radius 1 is 1.34 bits per heavy atom. The molecule has 6 N–H and O–H groups in total. The molecule has 10 heteroatoms. The molecule has 1 unspecified atom stereocenters. The maximum atomic E-state index is 12.7. The minimum Gasteiger partial charge on any atom is -0.507 e. The molecular weight excluding hydrogens is 372 g/mol. The van der Waals surface area contributed by atoms with Crippen LogP contribution < -0.4 is 22.3 Å². The summed E-state index contributed by atoms with van der Waals surface area (Å²) in [5, 5.41) is 21.9. The number of nitrogens with two attached hydrogens (primary N) is 2. The third-order valence-electron chi connectivity index (χ3n) is 4.71. The van der Waals surface area contributed by atoms with E-state index in [2.05, 4.69) is 20.3 Å². The zero-order valence-corrected chi connectivity index (χ0v) is 16.0. The molecule has 0 bridgehead atoms. The maximum absolute atomic E-state index is 12.7. The van der Waals surface area contributed by atoms with E-state index in [1.807, 2.05) is 6.92 Å². The van der Waals surface area contributed by atoms with Crippen LogP contribution in [0.25, 0.3) is 10.9 Å². The predicted octanol–water partition coefficient (Wildman–Crippen LogP) is 0.712. The molecule has 0 radical (unpaired) electrons. The monoisotopic (exact) mass is 394 g/mol. The van der Waals surface area contributed by atoms with Gasteiger partial charge in [0.2, 0.25) is 0 Å². The largest absolute Gasteiger partial charge is 0.507 e. The van der Waals surface area contributed by atoms with Crippen molar-refractivity contribution in [3.8, 4) is 11.8 Å². The highest BCUT2D eigenvalue weighted by atomic mass is 16.3. The SMILES string of the molecule is CCc1nc2cccc(O)c2c(=O)n1C1CCNC1.N#Cc1c(N)ncnc1N. The lowest BCUT2D eigenvalue weighted by molar-refractivity contribution is 0.475. The molecule has 29 heavy (non-hydrogen) atoms. The topological polar surface area (TPSA) is 169 Å². The Kier molecular flexibility index (Phi) is 5.90. The molecule has 150 valence electrons. The molecule has 1 fully saturated rings. The average molecular weight is 394 g/mol. The number of hydrogen-bond acceptors (Lipinski definition) is 9. The molecule has 1 saturated heterocycles. The van der Waals surface area contributed by atoms with Crippen molar-refractivity contribution >= 4 is 22.5 Å². The van der Waals surface area contributed by atoms with E-state index in [9.17, 15) is 9.90 Å². The minimum absolute atomic E-state index is 0.0114. The molecule has 10 nitrogen and oxygen atoms in total. The van der Waals surface area contributed by atoms with Gasteiger partial charge in [-0.05, 0) is 25.1 Å². The van der Waals surface area contributed by atoms with Crippen LogP contribution in [0, 0.1) is 11.3 Å². The first-order valence-corrected chi connectivity index (χ1v) is 9.17. The van der Waals surface area contributed by atoms with E-state index in [4.69, 9.17) is 16.7 Å². The van der Waals surface area contributed by atoms with Gasteiger partial charge in [0.25, 0.3) is 5.56 Å². The van der Waals surface area contributed by atoms with Crippen LogP contribution in [0.2, 0.25) is 0 Å². The third-order valence-corrected chi connectivity index (χ3v) is 4.71. The molecule has 1 aliphatic rings. The summed E-state index contributed by atoms with van der Waals surface area (Å²) in [6.45, 7) is 3.70. The fourth-order valence-corrected chi connectivity index (χ4v) is 3.29. The molecule has 4 rings (SSSR count). The van der Waals surface area contributed by atoms with Gasteiger partial charge in [-0.2, -0.15) is 5.26 Å². The second-order valence-electron chi connectivity index (χ2n) is 6.51. The number of nitrogens with zero attached hydrogens (tertiary/aromatic N) is 5. The zero-order valence-electron chi connectivity index (χ0n) is 16.0. The van der Waals surface area contributed by atoms with Crippen LogP contribution in [0.15, 0.2) is 29.3 Å². The third kappa shape index (κ3) is 3.95. The Morgan fingerprint density at radius 2 is 2.07 bits per heavy atom. The number of rotatable bonds is 2. The highest BCUT2D eigenvalue weighted by Crippen LogP contribution is 2.22. The van der Waals surface area contributed by atoms with Crippen molar-refractivity contribution < 1.29 is 5.11 Å². The van der Waals surface area contributed by atoms with E-state index in [1.165, 1.54) is 12.4 Å². The number of nitriles is 1. The smallest absolute Gasteiger partial charge is 0.265 e. The number of aromatic nitrogens is 4. The van der Waals surface area contributed by atoms with Crippen molar-refractivity contribution in [3.63, 3.8) is 0 Å². The van der Waals surface area contributed by atoms with E-state index < -0.39 is 0 Å². The summed E-state index contributed by atoms with van der Waals surface area (Å²) in [4.78, 5) is 24.3. The molecule has 0 amide bonds. The molecular formula is C19H22N8O2. The van der Waals surface area contributed by atoms with Crippen LogP contribution in [0.5, 0.6) is 5.75 Å². The van der Waals surface area contributed by atoms with Gasteiger partial charge in [0, 0.05) is 13.0 Å². The van der Waals surface area contributed by atoms with Crippen molar-refractivity contribution in [2.24, 2.45) is 0 Å². The predicted molar refractivity (Wildman–Crippen MR) is 109 cm³/mol. The van der Waals surface area contributed by atoms with Gasteiger partial charge in [0.15, 0.2) is 0 Å². The number of nitrogen functional groups attached to an aromatic ring is 2. The molecule has 0 spiro atoms. The first-order valence-electron chi connectivity index (χ1n) is 9.17. The Bertz CT molecular complexity index is 1110. The first-order chi connectivity index (χ1) is 14.0. The second-order valence-corrected chi connectivity index (χ2v) is 6.51. The lowest BCUT2D eigenvalue weighted by atomic mass is 10.2. The number of phenolic OH excluding ortho intramolecular Hbond substituents is 1. The normalized spacial score (nSPS) is 15.5. The number of fused-ring (bicyclic) bond motifs is 1. The number of aryl methyl sites for hydroxylation is 1. The summed E-state index contributed by atoms with van der Waals surface area (Å²) in [6, 6.07) is 6.95. The standard InChI is InChI=1S/C14H17N3O2.C5H5N5/c1-2-12-16-10-4-3-5-11(18)13(10)14(19)17(12)9-6-7-15-8-9;6-1-3-4(7)9-2-10-5(3)8/h3-5,9,15,18H,2,6-8H2,1H3;2H,(H4,7,8,9,10). The van der Waals surface area contributed by atoms with Crippen molar-refractivity contribution in [2.75, 3.05) is 24.6 Å². The van der Waals surface area contributed by atoms with Crippen LogP contribution in [0.1, 0.15) is 30.8 Å². The van der Waals surface area contributed by atoms with Crippen molar-refractivity contribution in [1.29, 1.82) is 5.26 Å². The molecule has 1 aromatic carbocycles. The van der Waals surface area contributed by atoms with Gasteiger partial charge in [-0.1, -0.05) is 13.0 Å². The van der Waals surface area contributed by atoms with Crippen LogP contribution in [0.4, 0.5) is 11.6 Å². The summed E-state index contributed by atoms with van der Waals surface area (Å²) in [7, 11) is 0. The van der Waals surface area contributed by atoms with Gasteiger partial charge in [-0.25, -0.2) is 15.0 Å². The zero-order chi connectivity index (χ0) is 21.0. The summed E-state index contributed by atoms with van der Waals surface area (Å²) in [6.07, 6.45) is 2.84. The molecule has 1 aliphatic heterocycles. The minimum atomic E-state index is -0.131. The quantitative estimate of drug-likeness (QED) is 0.489. The summed E-state index contributed by atoms with van der Waals surface area (Å²) < 4.78 is 1.75. The van der Waals surface area contributed by atoms with Crippen LogP contribution >= 0.6 is 0 Å². The lowest BCUT2D eigenvalue weighted by Gasteiger charge is -2.18. The highest BCUT2D eigenvalue weighted by molar-refractivity contribution is 5.83. The Labute approximate surface area is 166 Å². The summed E-state index contributed by atoms with van der Waals surface area (Å²) >= 11 is 0. The maximum Gasteiger partial charge on any atom is 0.265 e. The molecule has 0 aliphatic carbocycles. The van der Waals surface area contributed by atoms with Gasteiger partial charge in [-0.3, -0.25) is 9.36 Å². The molecule has 1 atom stereocenters. The fraction of sp³-hybridized carbons (Fsp3) is 0.316. The van der Waals surface area contributed by atoms with E-state index in [0.29, 0.717) is 17.3 Å². The number of phenols is 1. The Morgan fingerprint density at radius 3 is 2.62 bits per heavy atom. The number of hydrogen-bond donors (Lipinski definition) is 4. The van der Waals surface area contributed by atoms with Crippen LogP contribution in [0.3, 0.4) is 0 Å². The molecule has 0 saturated carbocycles. The van der Waals surface area contributed by atoms with Gasteiger partial charge < -0.3 is 21.9 Å². The Balaban J connectivity index is 0.000000204. The van der Waals surface area contributed by atoms with Crippen molar-refractivity contribution in [1.82, 2.24) is 24.8 Å². The van der Waals surface area contributed by atoms with E-state index in [0.717, 1.165) is 25.3 Å². The van der Waals surface area contributed by atoms with Gasteiger partial charge >= 0.3 is 0 Å². The second kappa shape index (κ2) is 8.53.